The zero-order valence-electron chi connectivity index (χ0n) is 12.8. The van der Waals surface area contributed by atoms with E-state index in [1.165, 1.54) is 4.31 Å². The first-order chi connectivity index (χ1) is 10.0. The van der Waals surface area contributed by atoms with E-state index >= 15 is 0 Å². The number of sulfonamides is 1. The molecule has 2 fully saturated rings. The lowest BCUT2D eigenvalue weighted by Crippen LogP contribution is -2.56. The molecule has 122 valence electrons. The molecule has 7 heteroatoms. The quantitative estimate of drug-likeness (QED) is 0.772. The van der Waals surface area contributed by atoms with Gasteiger partial charge in [0.05, 0.1) is 5.75 Å². The average molecular weight is 317 g/mol. The Hall–Kier alpha value is -0.660. The normalized spacial score (nSPS) is 28.2. The van der Waals surface area contributed by atoms with E-state index in [9.17, 15) is 13.2 Å². The third kappa shape index (κ3) is 4.40. The molecule has 1 unspecified atom stereocenters. The minimum atomic E-state index is -3.31. The number of nitrogens with zero attached hydrogens (tertiary/aromatic N) is 1. The Labute approximate surface area is 127 Å². The van der Waals surface area contributed by atoms with Crippen LogP contribution in [0.3, 0.4) is 0 Å². The lowest BCUT2D eigenvalue weighted by Gasteiger charge is -2.35. The highest BCUT2D eigenvalue weighted by atomic mass is 32.2. The minimum Gasteiger partial charge on any atom is -0.351 e. The summed E-state index contributed by atoms with van der Waals surface area (Å²) in [4.78, 5) is 12.5. The summed E-state index contributed by atoms with van der Waals surface area (Å²) in [6.45, 7) is 4.10. The summed E-state index contributed by atoms with van der Waals surface area (Å²) < 4.78 is 26.1. The van der Waals surface area contributed by atoms with E-state index in [1.54, 1.807) is 0 Å². The average Bonchev–Trinajstić information content (AvgIpc) is 2.48. The highest BCUT2D eigenvalue weighted by Crippen LogP contribution is 2.21. The number of piperidine rings is 2. The van der Waals surface area contributed by atoms with Crippen LogP contribution in [0.25, 0.3) is 0 Å². The Morgan fingerprint density at radius 2 is 2.10 bits per heavy atom. The van der Waals surface area contributed by atoms with E-state index < -0.39 is 16.1 Å². The summed E-state index contributed by atoms with van der Waals surface area (Å²) in [5.41, 5.74) is 0. The van der Waals surface area contributed by atoms with Gasteiger partial charge in [-0.3, -0.25) is 4.79 Å². The van der Waals surface area contributed by atoms with Crippen molar-refractivity contribution in [2.75, 3.05) is 25.4 Å². The number of amides is 1. The number of carbonyl (C=O) groups is 1. The van der Waals surface area contributed by atoms with Crippen molar-refractivity contribution in [2.24, 2.45) is 0 Å². The molecule has 0 bridgehead atoms. The van der Waals surface area contributed by atoms with Crippen LogP contribution in [0.5, 0.6) is 0 Å². The molecule has 2 saturated heterocycles. The van der Waals surface area contributed by atoms with Crippen LogP contribution in [0.15, 0.2) is 0 Å². The second kappa shape index (κ2) is 7.56. The van der Waals surface area contributed by atoms with Crippen LogP contribution in [-0.4, -0.2) is 56.1 Å². The predicted octanol–water partition coefficient (Wildman–Crippen LogP) is 0.449. The summed E-state index contributed by atoms with van der Waals surface area (Å²) in [7, 11) is -3.31. The molecule has 0 spiro atoms. The largest absolute Gasteiger partial charge is 0.351 e. The molecule has 2 rings (SSSR count). The number of rotatable bonds is 5. The van der Waals surface area contributed by atoms with Crippen molar-refractivity contribution in [3.63, 3.8) is 0 Å². The third-order valence-electron chi connectivity index (χ3n) is 4.22. The highest BCUT2D eigenvalue weighted by Gasteiger charge is 2.36. The molecule has 0 aromatic carbocycles. The minimum absolute atomic E-state index is 0.122. The first-order valence-electron chi connectivity index (χ1n) is 8.05. The molecule has 2 N–H and O–H groups in total. The van der Waals surface area contributed by atoms with E-state index in [2.05, 4.69) is 10.6 Å². The lowest BCUT2D eigenvalue weighted by atomic mass is 10.0. The zero-order valence-corrected chi connectivity index (χ0v) is 13.6. The molecule has 2 atom stereocenters. The van der Waals surface area contributed by atoms with Crippen LogP contribution in [0.1, 0.15) is 45.4 Å². The molecule has 2 aliphatic heterocycles. The van der Waals surface area contributed by atoms with Crippen molar-refractivity contribution in [3.05, 3.63) is 0 Å². The van der Waals surface area contributed by atoms with Gasteiger partial charge < -0.3 is 10.6 Å². The summed E-state index contributed by atoms with van der Waals surface area (Å²) in [6, 6.07) is -0.388. The Balaban J connectivity index is 2.01. The van der Waals surface area contributed by atoms with Gasteiger partial charge in [0.1, 0.15) is 6.04 Å². The fourth-order valence-corrected chi connectivity index (χ4v) is 4.89. The fraction of sp³-hybridized carbons (Fsp3) is 0.929. The van der Waals surface area contributed by atoms with Crippen LogP contribution in [0.2, 0.25) is 0 Å². The van der Waals surface area contributed by atoms with Gasteiger partial charge in [0.15, 0.2) is 0 Å². The van der Waals surface area contributed by atoms with E-state index in [1.807, 2.05) is 6.92 Å². The van der Waals surface area contributed by atoms with Crippen molar-refractivity contribution >= 4 is 15.9 Å². The molecule has 0 aromatic rings. The van der Waals surface area contributed by atoms with Gasteiger partial charge >= 0.3 is 0 Å². The van der Waals surface area contributed by atoms with Crippen LogP contribution in [0, 0.1) is 0 Å². The molecular formula is C14H27N3O3S. The zero-order chi connectivity index (χ0) is 15.3. The van der Waals surface area contributed by atoms with Gasteiger partial charge in [0.2, 0.25) is 15.9 Å². The maximum absolute atomic E-state index is 12.5. The van der Waals surface area contributed by atoms with Crippen molar-refractivity contribution < 1.29 is 13.2 Å². The highest BCUT2D eigenvalue weighted by molar-refractivity contribution is 7.89. The maximum atomic E-state index is 12.5. The number of carbonyl (C=O) groups excluding carboxylic acids is 1. The van der Waals surface area contributed by atoms with Crippen molar-refractivity contribution in [2.45, 2.75) is 57.5 Å². The van der Waals surface area contributed by atoms with Crippen molar-refractivity contribution in [1.29, 1.82) is 0 Å². The molecule has 2 aliphatic rings. The monoisotopic (exact) mass is 317 g/mol. The van der Waals surface area contributed by atoms with Crippen molar-refractivity contribution in [1.82, 2.24) is 14.9 Å². The van der Waals surface area contributed by atoms with Gasteiger partial charge in [0.25, 0.3) is 0 Å². The molecule has 6 nitrogen and oxygen atoms in total. The van der Waals surface area contributed by atoms with E-state index in [-0.39, 0.29) is 17.7 Å². The Morgan fingerprint density at radius 1 is 1.29 bits per heavy atom. The SMILES string of the molecule is CCCS(=O)(=O)N1CCCCC1C(=O)N[C@H]1CCCNC1. The molecular weight excluding hydrogens is 290 g/mol. The third-order valence-corrected chi connectivity index (χ3v) is 6.29. The summed E-state index contributed by atoms with van der Waals surface area (Å²) in [6.07, 6.45) is 4.99. The standard InChI is InChI=1S/C14H27N3O3S/c1-2-10-21(19,20)17-9-4-3-7-13(17)14(18)16-12-6-5-8-15-11-12/h12-13,15H,2-11H2,1H3,(H,16,18)/t12-,13?/m0/s1. The number of hydrogen-bond donors (Lipinski definition) is 2. The Kier molecular flexibility index (Phi) is 6.01. The number of nitrogens with one attached hydrogen (secondary N) is 2. The summed E-state index contributed by atoms with van der Waals surface area (Å²) in [5.74, 6) is 0.00460. The van der Waals surface area contributed by atoms with Gasteiger partial charge in [-0.25, -0.2) is 8.42 Å². The second-order valence-electron chi connectivity index (χ2n) is 5.99. The van der Waals surface area contributed by atoms with Crippen LogP contribution in [0.4, 0.5) is 0 Å². The van der Waals surface area contributed by atoms with Crippen molar-refractivity contribution in [3.8, 4) is 0 Å². The van der Waals surface area contributed by atoms with Gasteiger partial charge in [-0.05, 0) is 38.6 Å². The van der Waals surface area contributed by atoms with Gasteiger partial charge in [0, 0.05) is 19.1 Å². The van der Waals surface area contributed by atoms with Crippen LogP contribution < -0.4 is 10.6 Å². The number of hydrogen-bond acceptors (Lipinski definition) is 4. The van der Waals surface area contributed by atoms with Gasteiger partial charge in [-0.15, -0.1) is 0 Å². The Bertz CT molecular complexity index is 446. The van der Waals surface area contributed by atoms with E-state index in [0.717, 1.165) is 38.8 Å². The van der Waals surface area contributed by atoms with E-state index in [4.69, 9.17) is 0 Å². The molecule has 0 radical (unpaired) electrons. The second-order valence-corrected chi connectivity index (χ2v) is 8.03. The Morgan fingerprint density at radius 3 is 2.76 bits per heavy atom. The van der Waals surface area contributed by atoms with Gasteiger partial charge in [-0.1, -0.05) is 13.3 Å². The first-order valence-corrected chi connectivity index (χ1v) is 9.66. The smallest absolute Gasteiger partial charge is 0.238 e. The fourth-order valence-electron chi connectivity index (χ4n) is 3.15. The van der Waals surface area contributed by atoms with Gasteiger partial charge in [-0.2, -0.15) is 4.31 Å². The predicted molar refractivity (Wildman–Crippen MR) is 82.5 cm³/mol. The van der Waals surface area contributed by atoms with Crippen LogP contribution in [-0.2, 0) is 14.8 Å². The van der Waals surface area contributed by atoms with Crippen LogP contribution >= 0.6 is 0 Å². The molecule has 21 heavy (non-hydrogen) atoms. The maximum Gasteiger partial charge on any atom is 0.238 e. The molecule has 1 amide bonds. The molecule has 2 heterocycles. The summed E-state index contributed by atoms with van der Waals surface area (Å²) >= 11 is 0. The summed E-state index contributed by atoms with van der Waals surface area (Å²) in [5, 5.41) is 6.28. The lowest BCUT2D eigenvalue weighted by molar-refractivity contribution is -0.126. The molecule has 0 aliphatic carbocycles. The first kappa shape index (κ1) is 16.7. The van der Waals surface area contributed by atoms with E-state index in [0.29, 0.717) is 19.4 Å². The molecule has 0 aromatic heterocycles. The molecule has 0 saturated carbocycles. The topological polar surface area (TPSA) is 78.5 Å².